The maximum absolute atomic E-state index is 13.1. The second-order valence-electron chi connectivity index (χ2n) is 4.43. The van der Waals surface area contributed by atoms with E-state index in [0.717, 1.165) is 6.42 Å². The van der Waals surface area contributed by atoms with Crippen molar-refractivity contribution in [3.05, 3.63) is 47.0 Å². The molecule has 6 heteroatoms. The van der Waals surface area contributed by atoms with Gasteiger partial charge in [0.25, 0.3) is 5.91 Å². The predicted octanol–water partition coefficient (Wildman–Crippen LogP) is 3.53. The first-order valence-electron chi connectivity index (χ1n) is 6.23. The fourth-order valence-electron chi connectivity index (χ4n) is 1.91. The van der Waals surface area contributed by atoms with Gasteiger partial charge in [-0.25, -0.2) is 4.39 Å². The Labute approximate surface area is 121 Å². The molecule has 1 aromatic heterocycles. The van der Waals surface area contributed by atoms with Crippen LogP contribution in [0.3, 0.4) is 0 Å². The Kier molecular flexibility index (Phi) is 4.29. The number of rotatable bonds is 4. The third-order valence-electron chi connectivity index (χ3n) is 2.81. The van der Waals surface area contributed by atoms with Crippen LogP contribution in [0.25, 0.3) is 0 Å². The molecule has 0 aliphatic heterocycles. The van der Waals surface area contributed by atoms with Gasteiger partial charge in [0.05, 0.1) is 10.7 Å². The molecule has 106 valence electrons. The summed E-state index contributed by atoms with van der Waals surface area (Å²) in [5, 5.41) is 3.18. The lowest BCUT2D eigenvalue weighted by Crippen LogP contribution is -2.17. The van der Waals surface area contributed by atoms with Gasteiger partial charge >= 0.3 is 0 Å². The van der Waals surface area contributed by atoms with Crippen LogP contribution in [0.2, 0.25) is 5.02 Å². The van der Waals surface area contributed by atoms with Gasteiger partial charge in [0.15, 0.2) is 0 Å². The zero-order chi connectivity index (χ0) is 14.7. The van der Waals surface area contributed by atoms with Gasteiger partial charge in [0, 0.05) is 18.4 Å². The number of aryl methyl sites for hydroxylation is 1. The number of anilines is 2. The van der Waals surface area contributed by atoms with Gasteiger partial charge in [0.2, 0.25) is 0 Å². The summed E-state index contributed by atoms with van der Waals surface area (Å²) in [5.41, 5.74) is 6.35. The van der Waals surface area contributed by atoms with Crippen LogP contribution in [-0.2, 0) is 6.54 Å². The lowest BCUT2D eigenvalue weighted by Gasteiger charge is -2.09. The normalized spacial score (nSPS) is 10.6. The number of nitrogens with two attached hydrogens (primary N) is 1. The molecule has 0 saturated carbocycles. The number of amides is 1. The van der Waals surface area contributed by atoms with Crippen LogP contribution < -0.4 is 11.1 Å². The molecule has 20 heavy (non-hydrogen) atoms. The van der Waals surface area contributed by atoms with E-state index in [0.29, 0.717) is 22.9 Å². The van der Waals surface area contributed by atoms with E-state index in [2.05, 4.69) is 5.32 Å². The summed E-state index contributed by atoms with van der Waals surface area (Å²) < 4.78 is 14.8. The molecule has 2 aromatic rings. The number of nitrogens with one attached hydrogen (secondary N) is 1. The molecule has 0 aliphatic carbocycles. The Hall–Kier alpha value is -2.01. The van der Waals surface area contributed by atoms with Crippen LogP contribution in [0.4, 0.5) is 15.8 Å². The van der Waals surface area contributed by atoms with E-state index in [9.17, 15) is 9.18 Å². The molecule has 0 radical (unpaired) electrons. The smallest absolute Gasteiger partial charge is 0.272 e. The molecular formula is C14H15ClFN3O. The highest BCUT2D eigenvalue weighted by Gasteiger charge is 2.13. The van der Waals surface area contributed by atoms with Crippen LogP contribution >= 0.6 is 11.6 Å². The molecular weight excluding hydrogens is 281 g/mol. The molecule has 0 fully saturated rings. The molecule has 2 rings (SSSR count). The molecule has 4 nitrogen and oxygen atoms in total. The van der Waals surface area contributed by atoms with Crippen molar-refractivity contribution in [1.82, 2.24) is 4.57 Å². The van der Waals surface area contributed by atoms with Crippen LogP contribution in [-0.4, -0.2) is 10.5 Å². The minimum absolute atomic E-state index is 0.00947. The van der Waals surface area contributed by atoms with Crippen LogP contribution in [0, 0.1) is 5.82 Å². The number of aromatic nitrogens is 1. The van der Waals surface area contributed by atoms with Crippen LogP contribution in [0.1, 0.15) is 23.8 Å². The largest absolute Gasteiger partial charge is 0.396 e. The van der Waals surface area contributed by atoms with Crippen molar-refractivity contribution >= 4 is 28.9 Å². The minimum Gasteiger partial charge on any atom is -0.396 e. The predicted molar refractivity (Wildman–Crippen MR) is 78.5 cm³/mol. The van der Waals surface area contributed by atoms with Crippen molar-refractivity contribution in [2.24, 2.45) is 0 Å². The zero-order valence-electron chi connectivity index (χ0n) is 11.0. The third kappa shape index (κ3) is 3.11. The fraction of sp³-hybridized carbons (Fsp3) is 0.214. The molecule has 1 aromatic carbocycles. The SMILES string of the molecule is CCCn1cc(Cl)cc1C(=O)Nc1ccc(F)c(N)c1. The van der Waals surface area contributed by atoms with E-state index in [1.54, 1.807) is 16.8 Å². The first-order chi connectivity index (χ1) is 9.51. The van der Waals surface area contributed by atoms with E-state index in [1.807, 2.05) is 6.92 Å². The summed E-state index contributed by atoms with van der Waals surface area (Å²) in [6.07, 6.45) is 2.59. The molecule has 0 saturated heterocycles. The minimum atomic E-state index is -0.514. The summed E-state index contributed by atoms with van der Waals surface area (Å²) in [6, 6.07) is 5.64. The highest BCUT2D eigenvalue weighted by Crippen LogP contribution is 2.19. The lowest BCUT2D eigenvalue weighted by atomic mass is 10.2. The second-order valence-corrected chi connectivity index (χ2v) is 4.86. The van der Waals surface area contributed by atoms with E-state index in [-0.39, 0.29) is 11.6 Å². The topological polar surface area (TPSA) is 60.0 Å². The van der Waals surface area contributed by atoms with Gasteiger partial charge < -0.3 is 15.6 Å². The number of halogens is 2. The highest BCUT2D eigenvalue weighted by molar-refractivity contribution is 6.31. The number of hydrogen-bond acceptors (Lipinski definition) is 2. The number of nitrogen functional groups attached to an aromatic ring is 1. The van der Waals surface area contributed by atoms with Gasteiger partial charge in [-0.15, -0.1) is 0 Å². The molecule has 0 spiro atoms. The molecule has 0 atom stereocenters. The summed E-state index contributed by atoms with van der Waals surface area (Å²) in [7, 11) is 0. The summed E-state index contributed by atoms with van der Waals surface area (Å²) >= 11 is 5.92. The average molecular weight is 296 g/mol. The number of carbonyl (C=O) groups excluding carboxylic acids is 1. The van der Waals surface area contributed by atoms with Crippen molar-refractivity contribution in [3.63, 3.8) is 0 Å². The van der Waals surface area contributed by atoms with Crippen molar-refractivity contribution in [3.8, 4) is 0 Å². The number of nitrogens with zero attached hydrogens (tertiary/aromatic N) is 1. The second kappa shape index (κ2) is 5.96. The summed E-state index contributed by atoms with van der Waals surface area (Å²) in [5.74, 6) is -0.822. The zero-order valence-corrected chi connectivity index (χ0v) is 11.7. The number of carbonyl (C=O) groups is 1. The molecule has 1 amide bonds. The Morgan fingerprint density at radius 1 is 1.45 bits per heavy atom. The Morgan fingerprint density at radius 3 is 2.85 bits per heavy atom. The summed E-state index contributed by atoms with van der Waals surface area (Å²) in [4.78, 5) is 12.2. The van der Waals surface area contributed by atoms with Gasteiger partial charge in [-0.05, 0) is 30.7 Å². The van der Waals surface area contributed by atoms with Crippen LogP contribution in [0.15, 0.2) is 30.5 Å². The van der Waals surface area contributed by atoms with Gasteiger partial charge in [0.1, 0.15) is 11.5 Å². The Balaban J connectivity index is 2.21. The van der Waals surface area contributed by atoms with Gasteiger partial charge in [-0.2, -0.15) is 0 Å². The highest BCUT2D eigenvalue weighted by atomic mass is 35.5. The van der Waals surface area contributed by atoms with E-state index in [4.69, 9.17) is 17.3 Å². The van der Waals surface area contributed by atoms with E-state index < -0.39 is 5.82 Å². The maximum Gasteiger partial charge on any atom is 0.272 e. The number of hydrogen-bond donors (Lipinski definition) is 2. The van der Waals surface area contributed by atoms with Crippen molar-refractivity contribution < 1.29 is 9.18 Å². The Bertz CT molecular complexity index is 639. The maximum atomic E-state index is 13.1. The van der Waals surface area contributed by atoms with Crippen molar-refractivity contribution in [2.45, 2.75) is 19.9 Å². The van der Waals surface area contributed by atoms with E-state index in [1.165, 1.54) is 18.2 Å². The molecule has 0 aliphatic rings. The Morgan fingerprint density at radius 2 is 2.20 bits per heavy atom. The fourth-order valence-corrected chi connectivity index (χ4v) is 2.13. The van der Waals surface area contributed by atoms with Crippen molar-refractivity contribution in [2.75, 3.05) is 11.1 Å². The average Bonchev–Trinajstić information content (AvgIpc) is 2.75. The van der Waals surface area contributed by atoms with Gasteiger partial charge in [-0.1, -0.05) is 18.5 Å². The van der Waals surface area contributed by atoms with E-state index >= 15 is 0 Å². The molecule has 3 N–H and O–H groups in total. The standard InChI is InChI=1S/C14H15ClFN3O/c1-2-5-19-8-9(15)6-13(19)14(20)18-10-3-4-11(16)12(17)7-10/h3-4,6-8H,2,5,17H2,1H3,(H,18,20). The summed E-state index contributed by atoms with van der Waals surface area (Å²) in [6.45, 7) is 2.71. The lowest BCUT2D eigenvalue weighted by molar-refractivity contribution is 0.101. The van der Waals surface area contributed by atoms with Crippen molar-refractivity contribution in [1.29, 1.82) is 0 Å². The first kappa shape index (κ1) is 14.4. The van der Waals surface area contributed by atoms with Crippen LogP contribution in [0.5, 0.6) is 0 Å². The molecule has 0 bridgehead atoms. The van der Waals surface area contributed by atoms with Gasteiger partial charge in [-0.3, -0.25) is 4.79 Å². The third-order valence-corrected chi connectivity index (χ3v) is 3.02. The quantitative estimate of drug-likeness (QED) is 0.848. The first-order valence-corrected chi connectivity index (χ1v) is 6.61. The molecule has 1 heterocycles. The number of benzene rings is 1. The monoisotopic (exact) mass is 295 g/mol. The molecule has 0 unspecified atom stereocenters.